The Balaban J connectivity index is 0.000000252. The molecule has 5 heteroatoms. The summed E-state index contributed by atoms with van der Waals surface area (Å²) in [5.41, 5.74) is 0. The number of hydrogen-bond donors (Lipinski definition) is 0. The Hall–Kier alpha value is -2.19. The van der Waals surface area contributed by atoms with Gasteiger partial charge in [-0.1, -0.05) is 125 Å². The number of methoxy groups -OCH3 is 1. The van der Waals surface area contributed by atoms with Crippen LogP contribution < -0.4 is 15.9 Å². The van der Waals surface area contributed by atoms with Crippen LogP contribution in [0.5, 0.6) is 0 Å². The van der Waals surface area contributed by atoms with Gasteiger partial charge in [-0.15, -0.1) is 0 Å². The summed E-state index contributed by atoms with van der Waals surface area (Å²) in [4.78, 5) is 10.4. The van der Waals surface area contributed by atoms with E-state index in [9.17, 15) is 4.79 Å². The van der Waals surface area contributed by atoms with Crippen LogP contribution in [-0.2, 0) is 14.3 Å². The number of hydrogen-bond acceptors (Lipinski definition) is 3. The second-order valence-corrected chi connectivity index (χ2v) is 8.88. The Bertz CT molecular complexity index is 828. The average Bonchev–Trinajstić information content (AvgIpc) is 2.81. The summed E-state index contributed by atoms with van der Waals surface area (Å²) < 4.78 is 9.96. The number of alkyl halides is 1. The molecular weight excluding hydrogens is 506 g/mol. The summed E-state index contributed by atoms with van der Waals surface area (Å²) >= 11 is 2.14. The van der Waals surface area contributed by atoms with Crippen molar-refractivity contribution in [1.29, 1.82) is 0 Å². The monoisotopic (exact) mass is 530 g/mol. The summed E-state index contributed by atoms with van der Waals surface area (Å²) in [6.45, 7) is 0.268. The van der Waals surface area contributed by atoms with Gasteiger partial charge in [0.15, 0.2) is 0 Å². The molecule has 0 amide bonds. The first-order valence-electron chi connectivity index (χ1n) is 9.37. The topological polar surface area (TPSA) is 35.5 Å². The van der Waals surface area contributed by atoms with Crippen LogP contribution in [0.2, 0.25) is 0 Å². The first-order valence-corrected chi connectivity index (χ1v) is 12.2. The fourth-order valence-corrected chi connectivity index (χ4v) is 5.10. The van der Waals surface area contributed by atoms with Crippen molar-refractivity contribution in [2.45, 2.75) is 0 Å². The Morgan fingerprint density at radius 3 is 1.60 bits per heavy atom. The minimum Gasteiger partial charge on any atom is -0.467 e. The number of rotatable bonds is 6. The number of carbonyl (C=O) groups is 1. The van der Waals surface area contributed by atoms with Gasteiger partial charge < -0.3 is 9.47 Å². The highest BCUT2D eigenvalue weighted by Gasteiger charge is 2.14. The zero-order valence-corrected chi connectivity index (χ0v) is 19.9. The summed E-state index contributed by atoms with van der Waals surface area (Å²) in [6.07, 6.45) is 0. The van der Waals surface area contributed by atoms with E-state index >= 15 is 0 Å². The molecule has 0 aromatic heterocycles. The van der Waals surface area contributed by atoms with E-state index in [1.807, 2.05) is 0 Å². The highest BCUT2D eigenvalue weighted by molar-refractivity contribution is 14.1. The standard InChI is InChI=1S/C18H15P.C7H9IO3/c1-4-10-16(11-5-1)19(17-12-6-2-7-13-17)18-14-8-3-9-15-18;1-10-7(9)6-11-5-3-2-4-8/h1-15H;4-6H2,1H3. The van der Waals surface area contributed by atoms with Crippen molar-refractivity contribution in [2.24, 2.45) is 0 Å². The molecule has 0 aliphatic heterocycles. The molecule has 0 bridgehead atoms. The van der Waals surface area contributed by atoms with Gasteiger partial charge in [-0.2, -0.15) is 0 Å². The van der Waals surface area contributed by atoms with Crippen LogP contribution in [0.3, 0.4) is 0 Å². The van der Waals surface area contributed by atoms with E-state index in [1.54, 1.807) is 0 Å². The number of esters is 1. The summed E-state index contributed by atoms with van der Waals surface area (Å²) in [7, 11) is 0.876. The molecule has 0 saturated heterocycles. The van der Waals surface area contributed by atoms with Gasteiger partial charge in [0.2, 0.25) is 0 Å². The molecule has 0 spiro atoms. The molecule has 0 aliphatic rings. The summed E-state index contributed by atoms with van der Waals surface area (Å²) in [6, 6.07) is 32.3. The number of ether oxygens (including phenoxy) is 2. The Kier molecular flexibility index (Phi) is 11.8. The zero-order valence-electron chi connectivity index (χ0n) is 16.8. The summed E-state index contributed by atoms with van der Waals surface area (Å²) in [5.74, 6) is 5.15. The maximum Gasteiger partial charge on any atom is 0.331 e. The lowest BCUT2D eigenvalue weighted by Gasteiger charge is -2.18. The lowest BCUT2D eigenvalue weighted by atomic mass is 10.4. The van der Waals surface area contributed by atoms with Crippen molar-refractivity contribution >= 4 is 52.4 Å². The molecule has 0 radical (unpaired) electrons. The van der Waals surface area contributed by atoms with Crippen molar-refractivity contribution in [3.8, 4) is 11.8 Å². The molecule has 0 atom stereocenters. The highest BCUT2D eigenvalue weighted by atomic mass is 127. The second-order valence-electron chi connectivity index (χ2n) is 5.90. The van der Waals surface area contributed by atoms with Gasteiger partial charge in [0, 0.05) is 0 Å². The Morgan fingerprint density at radius 1 is 0.800 bits per heavy atom. The van der Waals surface area contributed by atoms with E-state index in [2.05, 4.69) is 130 Å². The number of carbonyl (C=O) groups excluding carboxylic acids is 1. The molecule has 3 rings (SSSR count). The van der Waals surface area contributed by atoms with Crippen molar-refractivity contribution < 1.29 is 14.3 Å². The molecule has 0 aliphatic carbocycles. The quantitative estimate of drug-likeness (QED) is 0.121. The van der Waals surface area contributed by atoms with Gasteiger partial charge in [-0.05, 0) is 23.8 Å². The van der Waals surface area contributed by atoms with Gasteiger partial charge in [0.25, 0.3) is 0 Å². The number of halogens is 1. The Labute approximate surface area is 193 Å². The van der Waals surface area contributed by atoms with E-state index in [1.165, 1.54) is 23.0 Å². The van der Waals surface area contributed by atoms with Gasteiger partial charge >= 0.3 is 5.97 Å². The van der Waals surface area contributed by atoms with Crippen LogP contribution in [-0.4, -0.2) is 30.7 Å². The lowest BCUT2D eigenvalue weighted by Crippen LogP contribution is -2.20. The summed E-state index contributed by atoms with van der Waals surface area (Å²) in [5, 5.41) is 4.19. The molecule has 0 saturated carbocycles. The van der Waals surface area contributed by atoms with Crippen LogP contribution in [0.25, 0.3) is 0 Å². The average molecular weight is 530 g/mol. The SMILES string of the molecule is COC(=O)COCC#CCI.c1ccc(P(c2ccccc2)c2ccccc2)cc1. The smallest absolute Gasteiger partial charge is 0.331 e. The normalized spacial score (nSPS) is 9.70. The van der Waals surface area contributed by atoms with Crippen molar-refractivity contribution in [3.63, 3.8) is 0 Å². The first kappa shape index (κ1) is 24.1. The van der Waals surface area contributed by atoms with Crippen LogP contribution in [0, 0.1) is 11.8 Å². The maximum atomic E-state index is 10.4. The Morgan fingerprint density at radius 2 is 1.23 bits per heavy atom. The fraction of sp³-hybridized carbons (Fsp3) is 0.160. The third kappa shape index (κ3) is 8.67. The number of benzene rings is 3. The van der Waals surface area contributed by atoms with Gasteiger partial charge in [-0.3, -0.25) is 0 Å². The van der Waals surface area contributed by atoms with Crippen LogP contribution in [0.15, 0.2) is 91.0 Å². The third-order valence-corrected chi connectivity index (χ3v) is 6.68. The molecule has 0 fully saturated rings. The van der Waals surface area contributed by atoms with Gasteiger partial charge in [0.1, 0.15) is 13.2 Å². The molecule has 30 heavy (non-hydrogen) atoms. The molecule has 0 unspecified atom stereocenters. The van der Waals surface area contributed by atoms with Crippen molar-refractivity contribution in [1.82, 2.24) is 0 Å². The lowest BCUT2D eigenvalue weighted by molar-refractivity contribution is -0.145. The van der Waals surface area contributed by atoms with Crippen LogP contribution in [0.4, 0.5) is 0 Å². The minimum atomic E-state index is -0.446. The predicted molar refractivity (Wildman–Crippen MR) is 135 cm³/mol. The fourth-order valence-electron chi connectivity index (χ4n) is 2.52. The second kappa shape index (κ2) is 14.7. The minimum absolute atomic E-state index is 0.0214. The molecular formula is C25H24IO3P. The highest BCUT2D eigenvalue weighted by Crippen LogP contribution is 2.32. The van der Waals surface area contributed by atoms with Crippen molar-refractivity contribution in [2.75, 3.05) is 24.8 Å². The van der Waals surface area contributed by atoms with E-state index in [-0.39, 0.29) is 19.2 Å². The molecule has 154 valence electrons. The predicted octanol–water partition coefficient (Wildman–Crippen LogP) is 4.06. The van der Waals surface area contributed by atoms with E-state index in [0.29, 0.717) is 0 Å². The molecule has 0 N–H and O–H groups in total. The third-order valence-electron chi connectivity index (χ3n) is 3.86. The largest absolute Gasteiger partial charge is 0.467 e. The van der Waals surface area contributed by atoms with Gasteiger partial charge in [0.05, 0.1) is 11.5 Å². The molecule has 0 heterocycles. The van der Waals surface area contributed by atoms with Crippen LogP contribution in [0.1, 0.15) is 0 Å². The molecule has 3 aromatic rings. The zero-order chi connectivity index (χ0) is 21.4. The van der Waals surface area contributed by atoms with Crippen molar-refractivity contribution in [3.05, 3.63) is 91.0 Å². The maximum absolute atomic E-state index is 10.4. The van der Waals surface area contributed by atoms with E-state index in [4.69, 9.17) is 4.74 Å². The van der Waals surface area contributed by atoms with Crippen LogP contribution >= 0.6 is 30.5 Å². The molecule has 3 aromatic carbocycles. The van der Waals surface area contributed by atoms with Gasteiger partial charge in [-0.25, -0.2) is 4.79 Å². The molecule has 3 nitrogen and oxygen atoms in total. The van der Waals surface area contributed by atoms with E-state index in [0.717, 1.165) is 4.43 Å². The van der Waals surface area contributed by atoms with E-state index < -0.39 is 7.92 Å². The first-order chi connectivity index (χ1) is 14.8.